The zero-order chi connectivity index (χ0) is 19.5. The average Bonchev–Trinajstić information content (AvgIpc) is 3.49. The lowest BCUT2D eigenvalue weighted by atomic mass is 9.90. The number of hydrogen-bond donors (Lipinski definition) is 0. The molecular formula is C22H26ClN3O2. The van der Waals surface area contributed by atoms with Crippen molar-refractivity contribution in [3.63, 3.8) is 0 Å². The monoisotopic (exact) mass is 399 g/mol. The third kappa shape index (κ3) is 4.64. The number of carbonyl (C=O) groups is 1. The van der Waals surface area contributed by atoms with Crippen molar-refractivity contribution < 1.29 is 9.53 Å². The number of ketones is 1. The molecule has 1 saturated heterocycles. The number of piperidine rings is 1. The zero-order valence-corrected chi connectivity index (χ0v) is 16.9. The first kappa shape index (κ1) is 19.2. The smallest absolute Gasteiger partial charge is 0.225 e. The fourth-order valence-electron chi connectivity index (χ4n) is 4.29. The number of anilines is 1. The van der Waals surface area contributed by atoms with Crippen LogP contribution < -0.4 is 9.64 Å². The second kappa shape index (κ2) is 8.48. The standard InChI is InChI=1S/C22H26ClN3O2/c1-15(27)16-2-4-20(5-3-16)28-11-8-18-12-21(18)17-6-9-26(10-7-17)22-24-13-19(23)14-25-22/h2-5,13-14,17-18,21H,6-12H2,1H3. The van der Waals surface area contributed by atoms with Gasteiger partial charge in [-0.3, -0.25) is 4.79 Å². The fraction of sp³-hybridized carbons (Fsp3) is 0.500. The highest BCUT2D eigenvalue weighted by molar-refractivity contribution is 6.30. The second-order valence-corrected chi connectivity index (χ2v) is 8.34. The fourth-order valence-corrected chi connectivity index (χ4v) is 4.39. The van der Waals surface area contributed by atoms with E-state index in [1.54, 1.807) is 19.3 Å². The largest absolute Gasteiger partial charge is 0.494 e. The summed E-state index contributed by atoms with van der Waals surface area (Å²) < 4.78 is 5.86. The van der Waals surface area contributed by atoms with Gasteiger partial charge in [-0.25, -0.2) is 9.97 Å². The van der Waals surface area contributed by atoms with Crippen LogP contribution in [-0.2, 0) is 0 Å². The van der Waals surface area contributed by atoms with Gasteiger partial charge in [-0.05, 0) is 74.6 Å². The third-order valence-electron chi connectivity index (χ3n) is 6.03. The molecule has 0 spiro atoms. The third-order valence-corrected chi connectivity index (χ3v) is 6.23. The molecular weight excluding hydrogens is 374 g/mol. The highest BCUT2D eigenvalue weighted by Crippen LogP contribution is 2.49. The van der Waals surface area contributed by atoms with Crippen LogP contribution in [0.2, 0.25) is 5.02 Å². The van der Waals surface area contributed by atoms with Crippen molar-refractivity contribution in [1.29, 1.82) is 0 Å². The molecule has 2 aromatic rings. The predicted molar refractivity (Wildman–Crippen MR) is 110 cm³/mol. The summed E-state index contributed by atoms with van der Waals surface area (Å²) in [7, 11) is 0. The summed E-state index contributed by atoms with van der Waals surface area (Å²) >= 11 is 5.87. The van der Waals surface area contributed by atoms with Gasteiger partial charge in [-0.1, -0.05) is 11.6 Å². The minimum atomic E-state index is 0.0843. The van der Waals surface area contributed by atoms with Crippen molar-refractivity contribution in [2.24, 2.45) is 17.8 Å². The first-order chi connectivity index (χ1) is 13.6. The Morgan fingerprint density at radius 1 is 1.18 bits per heavy atom. The molecule has 4 rings (SSSR count). The van der Waals surface area contributed by atoms with Gasteiger partial charge in [-0.15, -0.1) is 0 Å². The van der Waals surface area contributed by atoms with E-state index in [9.17, 15) is 4.79 Å². The maximum Gasteiger partial charge on any atom is 0.225 e. The first-order valence-electron chi connectivity index (χ1n) is 10.1. The molecule has 2 fully saturated rings. The molecule has 2 aliphatic rings. The summed E-state index contributed by atoms with van der Waals surface area (Å²) in [5.74, 6) is 4.17. The lowest BCUT2D eigenvalue weighted by molar-refractivity contribution is 0.101. The van der Waals surface area contributed by atoms with Crippen molar-refractivity contribution in [1.82, 2.24) is 9.97 Å². The summed E-state index contributed by atoms with van der Waals surface area (Å²) in [6, 6.07) is 7.43. The Morgan fingerprint density at radius 3 is 2.50 bits per heavy atom. The second-order valence-electron chi connectivity index (χ2n) is 7.90. The molecule has 2 unspecified atom stereocenters. The summed E-state index contributed by atoms with van der Waals surface area (Å²) in [4.78, 5) is 22.2. The highest BCUT2D eigenvalue weighted by Gasteiger charge is 2.43. The Hall–Kier alpha value is -2.14. The van der Waals surface area contributed by atoms with Crippen molar-refractivity contribution in [2.75, 3.05) is 24.6 Å². The van der Waals surface area contributed by atoms with E-state index in [4.69, 9.17) is 16.3 Å². The number of nitrogens with zero attached hydrogens (tertiary/aromatic N) is 3. The quantitative estimate of drug-likeness (QED) is 0.634. The number of hydrogen-bond acceptors (Lipinski definition) is 5. The van der Waals surface area contributed by atoms with Crippen LogP contribution in [0.4, 0.5) is 5.95 Å². The van der Waals surface area contributed by atoms with E-state index in [0.29, 0.717) is 5.02 Å². The van der Waals surface area contributed by atoms with Crippen LogP contribution in [0.1, 0.15) is 43.0 Å². The Bertz CT molecular complexity index is 802. The van der Waals surface area contributed by atoms with Crippen molar-refractivity contribution in [3.8, 4) is 5.75 Å². The summed E-state index contributed by atoms with van der Waals surface area (Å²) in [5, 5.41) is 0.580. The molecule has 5 nitrogen and oxygen atoms in total. The minimum absolute atomic E-state index is 0.0843. The Kier molecular flexibility index (Phi) is 5.81. The Morgan fingerprint density at radius 2 is 1.86 bits per heavy atom. The van der Waals surface area contributed by atoms with Gasteiger partial charge in [0.25, 0.3) is 0 Å². The number of Topliss-reactive ketones (excluding diaryl/α,β-unsaturated/α-hetero) is 1. The molecule has 0 bridgehead atoms. The zero-order valence-electron chi connectivity index (χ0n) is 16.2. The van der Waals surface area contributed by atoms with E-state index in [2.05, 4.69) is 14.9 Å². The van der Waals surface area contributed by atoms with E-state index in [0.717, 1.165) is 61.1 Å². The van der Waals surface area contributed by atoms with Gasteiger partial charge in [-0.2, -0.15) is 0 Å². The SMILES string of the molecule is CC(=O)c1ccc(OCCC2CC2C2CCN(c3ncc(Cl)cn3)CC2)cc1. The lowest BCUT2D eigenvalue weighted by Gasteiger charge is -2.32. The molecule has 28 heavy (non-hydrogen) atoms. The van der Waals surface area contributed by atoms with Crippen LogP contribution in [0.5, 0.6) is 5.75 Å². The van der Waals surface area contributed by atoms with Crippen LogP contribution >= 0.6 is 11.6 Å². The Labute approximate surface area is 171 Å². The molecule has 0 radical (unpaired) electrons. The van der Waals surface area contributed by atoms with Gasteiger partial charge >= 0.3 is 0 Å². The molecule has 0 N–H and O–H groups in total. The number of ether oxygens (including phenoxy) is 1. The molecule has 148 valence electrons. The van der Waals surface area contributed by atoms with E-state index in [-0.39, 0.29) is 5.78 Å². The maximum atomic E-state index is 11.3. The van der Waals surface area contributed by atoms with Gasteiger partial charge in [0, 0.05) is 18.7 Å². The molecule has 0 amide bonds. The number of aromatic nitrogens is 2. The first-order valence-corrected chi connectivity index (χ1v) is 10.4. The van der Waals surface area contributed by atoms with Crippen LogP contribution in [0, 0.1) is 17.8 Å². The molecule has 2 atom stereocenters. The molecule has 2 heterocycles. The van der Waals surface area contributed by atoms with E-state index < -0.39 is 0 Å². The maximum absolute atomic E-state index is 11.3. The van der Waals surface area contributed by atoms with Crippen LogP contribution in [0.15, 0.2) is 36.7 Å². The number of benzene rings is 1. The van der Waals surface area contributed by atoms with Crippen LogP contribution in [-0.4, -0.2) is 35.4 Å². The number of halogens is 1. The van der Waals surface area contributed by atoms with Gasteiger partial charge in [0.2, 0.25) is 5.95 Å². The van der Waals surface area contributed by atoms with Crippen molar-refractivity contribution in [3.05, 3.63) is 47.2 Å². The number of carbonyl (C=O) groups excluding carboxylic acids is 1. The minimum Gasteiger partial charge on any atom is -0.494 e. The van der Waals surface area contributed by atoms with Crippen molar-refractivity contribution >= 4 is 23.3 Å². The van der Waals surface area contributed by atoms with E-state index in [1.807, 2.05) is 24.3 Å². The molecule has 6 heteroatoms. The Balaban J connectivity index is 1.17. The summed E-state index contributed by atoms with van der Waals surface area (Å²) in [6.45, 7) is 4.37. The average molecular weight is 400 g/mol. The van der Waals surface area contributed by atoms with Crippen LogP contribution in [0.3, 0.4) is 0 Å². The number of rotatable bonds is 7. The normalized spacial score (nSPS) is 22.1. The molecule has 1 aromatic carbocycles. The lowest BCUT2D eigenvalue weighted by Crippen LogP contribution is -2.35. The van der Waals surface area contributed by atoms with Gasteiger partial charge in [0.05, 0.1) is 24.0 Å². The summed E-state index contributed by atoms with van der Waals surface area (Å²) in [5.41, 5.74) is 0.727. The predicted octanol–water partition coefficient (Wildman–Crippen LogP) is 4.65. The van der Waals surface area contributed by atoms with Crippen LogP contribution in [0.25, 0.3) is 0 Å². The van der Waals surface area contributed by atoms with E-state index >= 15 is 0 Å². The molecule has 1 aliphatic carbocycles. The molecule has 1 saturated carbocycles. The van der Waals surface area contributed by atoms with E-state index in [1.165, 1.54) is 19.3 Å². The topological polar surface area (TPSA) is 55.3 Å². The van der Waals surface area contributed by atoms with Gasteiger partial charge in [0.1, 0.15) is 5.75 Å². The van der Waals surface area contributed by atoms with Crippen molar-refractivity contribution in [2.45, 2.75) is 32.6 Å². The highest BCUT2D eigenvalue weighted by atomic mass is 35.5. The molecule has 1 aromatic heterocycles. The van der Waals surface area contributed by atoms with Gasteiger partial charge in [0.15, 0.2) is 5.78 Å². The molecule has 1 aliphatic heterocycles. The summed E-state index contributed by atoms with van der Waals surface area (Å²) in [6.07, 6.45) is 8.19. The van der Waals surface area contributed by atoms with Gasteiger partial charge < -0.3 is 9.64 Å².